The average molecular weight is 341 g/mol. The first-order valence-electron chi connectivity index (χ1n) is 8.11. The Morgan fingerprint density at radius 1 is 0.962 bits per heavy atom. The zero-order chi connectivity index (χ0) is 17.9. The number of phenolic OH excluding ortho intramolecular Hbond substituents is 1. The Morgan fingerprint density at radius 2 is 1.69 bits per heavy atom. The molecule has 5 nitrogen and oxygen atoms in total. The van der Waals surface area contributed by atoms with Crippen LogP contribution in [0.2, 0.25) is 0 Å². The Morgan fingerprint density at radius 3 is 2.54 bits per heavy atom. The van der Waals surface area contributed by atoms with Crippen LogP contribution in [-0.2, 0) is 0 Å². The van der Waals surface area contributed by atoms with E-state index in [4.69, 9.17) is 0 Å². The zero-order valence-corrected chi connectivity index (χ0v) is 13.8. The maximum atomic E-state index is 12.3. The normalized spacial score (nSPS) is 11.2. The van der Waals surface area contributed by atoms with E-state index < -0.39 is 5.91 Å². The van der Waals surface area contributed by atoms with Crippen molar-refractivity contribution in [2.75, 3.05) is 0 Å². The lowest BCUT2D eigenvalue weighted by molar-refractivity contribution is 0.0950. The fraction of sp³-hybridized carbons (Fsp3) is 0. The first-order valence-corrected chi connectivity index (χ1v) is 8.11. The molecule has 4 rings (SSSR count). The van der Waals surface area contributed by atoms with Gasteiger partial charge >= 0.3 is 0 Å². The van der Waals surface area contributed by atoms with Gasteiger partial charge in [-0.2, -0.15) is 5.10 Å². The van der Waals surface area contributed by atoms with Gasteiger partial charge in [-0.1, -0.05) is 54.6 Å². The SMILES string of the molecule is O=C(N/N=C/c1c(O)ccc2ccccc12)c1cc2ccccc2cn1. The Kier molecular flexibility index (Phi) is 4.03. The minimum Gasteiger partial charge on any atom is -0.507 e. The molecule has 3 aromatic carbocycles. The molecule has 0 saturated heterocycles. The number of hydrazone groups is 1. The van der Waals surface area contributed by atoms with Crippen molar-refractivity contribution in [1.82, 2.24) is 10.4 Å². The Bertz CT molecular complexity index is 1150. The second-order valence-electron chi connectivity index (χ2n) is 5.84. The molecule has 0 spiro atoms. The van der Waals surface area contributed by atoms with Gasteiger partial charge in [0.15, 0.2) is 0 Å². The van der Waals surface area contributed by atoms with Gasteiger partial charge in [0.05, 0.1) is 6.21 Å². The summed E-state index contributed by atoms with van der Waals surface area (Å²) in [5.74, 6) is -0.308. The maximum absolute atomic E-state index is 12.3. The number of carbonyl (C=O) groups excluding carboxylic acids is 1. The van der Waals surface area contributed by atoms with E-state index in [0.29, 0.717) is 5.56 Å². The monoisotopic (exact) mass is 341 g/mol. The van der Waals surface area contributed by atoms with Crippen LogP contribution in [0.25, 0.3) is 21.5 Å². The molecule has 0 saturated carbocycles. The van der Waals surface area contributed by atoms with Gasteiger partial charge in [-0.15, -0.1) is 0 Å². The summed E-state index contributed by atoms with van der Waals surface area (Å²) in [5, 5.41) is 17.8. The van der Waals surface area contributed by atoms with E-state index in [1.54, 1.807) is 18.3 Å². The number of nitrogens with zero attached hydrogens (tertiary/aromatic N) is 2. The summed E-state index contributed by atoms with van der Waals surface area (Å²) < 4.78 is 0. The molecule has 0 aliphatic carbocycles. The van der Waals surface area contributed by atoms with Crippen LogP contribution in [0.1, 0.15) is 16.1 Å². The topological polar surface area (TPSA) is 74.6 Å². The molecule has 1 amide bonds. The Labute approximate surface area is 149 Å². The number of carbonyl (C=O) groups is 1. The number of phenols is 1. The quantitative estimate of drug-likeness (QED) is 0.439. The number of aromatic hydroxyl groups is 1. The molecule has 0 radical (unpaired) electrons. The predicted octanol–water partition coefficient (Wildman–Crippen LogP) is 3.86. The number of fused-ring (bicyclic) bond motifs is 2. The minimum atomic E-state index is -0.410. The summed E-state index contributed by atoms with van der Waals surface area (Å²) in [5.41, 5.74) is 3.29. The van der Waals surface area contributed by atoms with E-state index >= 15 is 0 Å². The van der Waals surface area contributed by atoms with Crippen molar-refractivity contribution in [3.63, 3.8) is 0 Å². The van der Waals surface area contributed by atoms with Crippen LogP contribution in [0.4, 0.5) is 0 Å². The highest BCUT2D eigenvalue weighted by Gasteiger charge is 2.08. The number of benzene rings is 3. The third-order valence-electron chi connectivity index (χ3n) is 4.17. The molecule has 4 aromatic rings. The van der Waals surface area contributed by atoms with Crippen molar-refractivity contribution < 1.29 is 9.90 Å². The summed E-state index contributed by atoms with van der Waals surface area (Å²) in [6, 6.07) is 20.5. The molecule has 0 atom stereocenters. The fourth-order valence-corrected chi connectivity index (χ4v) is 2.84. The lowest BCUT2D eigenvalue weighted by atomic mass is 10.0. The van der Waals surface area contributed by atoms with E-state index in [-0.39, 0.29) is 11.4 Å². The Balaban J connectivity index is 1.58. The van der Waals surface area contributed by atoms with Gasteiger partial charge in [-0.05, 0) is 28.3 Å². The number of aromatic nitrogens is 1. The van der Waals surface area contributed by atoms with Crippen molar-refractivity contribution in [3.8, 4) is 5.75 Å². The average Bonchev–Trinajstić information content (AvgIpc) is 2.69. The van der Waals surface area contributed by atoms with Gasteiger partial charge in [0.25, 0.3) is 5.91 Å². The summed E-state index contributed by atoms with van der Waals surface area (Å²) in [4.78, 5) is 16.4. The number of pyridine rings is 1. The van der Waals surface area contributed by atoms with E-state index in [2.05, 4.69) is 15.5 Å². The molecule has 0 aliphatic heterocycles. The highest BCUT2D eigenvalue weighted by Crippen LogP contribution is 2.25. The van der Waals surface area contributed by atoms with Crippen LogP contribution in [0.5, 0.6) is 5.75 Å². The summed E-state index contributed by atoms with van der Waals surface area (Å²) >= 11 is 0. The van der Waals surface area contributed by atoms with E-state index in [1.165, 1.54) is 6.21 Å². The summed E-state index contributed by atoms with van der Waals surface area (Å²) in [7, 11) is 0. The van der Waals surface area contributed by atoms with Crippen molar-refractivity contribution in [2.24, 2.45) is 5.10 Å². The number of hydrogen-bond donors (Lipinski definition) is 2. The third kappa shape index (κ3) is 2.98. The molecular formula is C21H15N3O2. The maximum Gasteiger partial charge on any atom is 0.289 e. The summed E-state index contributed by atoms with van der Waals surface area (Å²) in [6.45, 7) is 0. The van der Waals surface area contributed by atoms with Crippen LogP contribution < -0.4 is 5.43 Å². The predicted molar refractivity (Wildman–Crippen MR) is 102 cm³/mol. The van der Waals surface area contributed by atoms with Crippen LogP contribution in [0, 0.1) is 0 Å². The molecule has 1 aromatic heterocycles. The van der Waals surface area contributed by atoms with Gasteiger partial charge in [0, 0.05) is 17.1 Å². The molecular weight excluding hydrogens is 326 g/mol. The van der Waals surface area contributed by atoms with Crippen LogP contribution >= 0.6 is 0 Å². The van der Waals surface area contributed by atoms with E-state index in [1.807, 2.05) is 54.6 Å². The van der Waals surface area contributed by atoms with Gasteiger partial charge in [0.2, 0.25) is 0 Å². The lowest BCUT2D eigenvalue weighted by Crippen LogP contribution is -2.18. The lowest BCUT2D eigenvalue weighted by Gasteiger charge is -2.05. The Hall–Kier alpha value is -3.73. The minimum absolute atomic E-state index is 0.102. The highest BCUT2D eigenvalue weighted by molar-refractivity contribution is 6.03. The highest BCUT2D eigenvalue weighted by atomic mass is 16.3. The van der Waals surface area contributed by atoms with Gasteiger partial charge in [0.1, 0.15) is 11.4 Å². The van der Waals surface area contributed by atoms with Crippen molar-refractivity contribution in [2.45, 2.75) is 0 Å². The summed E-state index contributed by atoms with van der Waals surface area (Å²) in [6.07, 6.45) is 3.10. The first kappa shape index (κ1) is 15.8. The third-order valence-corrected chi connectivity index (χ3v) is 4.17. The molecule has 0 unspecified atom stereocenters. The smallest absolute Gasteiger partial charge is 0.289 e. The fourth-order valence-electron chi connectivity index (χ4n) is 2.84. The molecule has 0 aliphatic rings. The molecule has 0 fully saturated rings. The van der Waals surface area contributed by atoms with E-state index in [9.17, 15) is 9.90 Å². The van der Waals surface area contributed by atoms with Gasteiger partial charge in [-0.25, -0.2) is 5.43 Å². The van der Waals surface area contributed by atoms with Crippen molar-refractivity contribution in [1.29, 1.82) is 0 Å². The number of amides is 1. The molecule has 1 heterocycles. The number of hydrogen-bond acceptors (Lipinski definition) is 4. The van der Waals surface area contributed by atoms with Crippen molar-refractivity contribution in [3.05, 3.63) is 84.2 Å². The van der Waals surface area contributed by atoms with Crippen molar-refractivity contribution >= 4 is 33.7 Å². The van der Waals surface area contributed by atoms with Gasteiger partial charge in [-0.3, -0.25) is 9.78 Å². The molecule has 26 heavy (non-hydrogen) atoms. The largest absolute Gasteiger partial charge is 0.507 e. The van der Waals surface area contributed by atoms with Crippen LogP contribution in [-0.4, -0.2) is 22.2 Å². The second kappa shape index (κ2) is 6.64. The molecule has 5 heteroatoms. The number of nitrogens with one attached hydrogen (secondary N) is 1. The molecule has 0 bridgehead atoms. The number of rotatable bonds is 3. The van der Waals surface area contributed by atoms with Crippen LogP contribution in [0.15, 0.2) is 78.0 Å². The van der Waals surface area contributed by atoms with E-state index in [0.717, 1.165) is 21.5 Å². The van der Waals surface area contributed by atoms with Crippen LogP contribution in [0.3, 0.4) is 0 Å². The standard InChI is InChI=1S/C21H15N3O2/c25-20-10-9-14-5-3-4-8-17(14)18(20)13-23-24-21(26)19-11-15-6-1-2-7-16(15)12-22-19/h1-13,25H,(H,24,26)/b23-13+. The molecule has 126 valence electrons. The first-order chi connectivity index (χ1) is 12.7. The second-order valence-corrected chi connectivity index (χ2v) is 5.84. The molecule has 2 N–H and O–H groups in total. The zero-order valence-electron chi connectivity index (χ0n) is 13.8. The van der Waals surface area contributed by atoms with Gasteiger partial charge < -0.3 is 5.11 Å².